The van der Waals surface area contributed by atoms with E-state index in [0.717, 1.165) is 11.3 Å². The fraction of sp³-hybridized carbons (Fsp3) is 0.125. The molecule has 0 aromatic carbocycles. The van der Waals surface area contributed by atoms with Gasteiger partial charge >= 0.3 is 0 Å². The van der Waals surface area contributed by atoms with Gasteiger partial charge in [0.1, 0.15) is 5.65 Å². The topological polar surface area (TPSA) is 63.5 Å². The number of imidazole rings is 1. The minimum atomic E-state index is -0.00884. The highest BCUT2D eigenvalue weighted by Gasteiger charge is 2.00. The van der Waals surface area contributed by atoms with Crippen LogP contribution in [0, 0.1) is 0 Å². The summed E-state index contributed by atoms with van der Waals surface area (Å²) in [6, 6.07) is 3.53. The summed E-state index contributed by atoms with van der Waals surface area (Å²) in [4.78, 5) is 4.07. The quantitative estimate of drug-likeness (QED) is 0.640. The van der Waals surface area contributed by atoms with E-state index in [1.165, 1.54) is 0 Å². The lowest BCUT2D eigenvalue weighted by Gasteiger charge is -1.97. The Labute approximate surface area is 69.3 Å². The number of pyridine rings is 1. The largest absolute Gasteiger partial charge is 0.399 e. The standard InChI is InChI=1S/C8H9N3O/c9-6-1-2-11-7(5-12)4-10-8(11)3-6/h1-4,12H,5,9H2. The monoisotopic (exact) mass is 163 g/mol. The van der Waals surface area contributed by atoms with Crippen LogP contribution in [0.4, 0.5) is 5.69 Å². The second-order valence-electron chi connectivity index (χ2n) is 2.60. The number of aliphatic hydroxyl groups excluding tert-OH is 1. The van der Waals surface area contributed by atoms with Crippen LogP contribution in [0.2, 0.25) is 0 Å². The van der Waals surface area contributed by atoms with Crippen molar-refractivity contribution in [3.63, 3.8) is 0 Å². The number of hydrogen-bond donors (Lipinski definition) is 2. The number of fused-ring (bicyclic) bond motifs is 1. The van der Waals surface area contributed by atoms with Crippen LogP contribution in [0.25, 0.3) is 5.65 Å². The fourth-order valence-corrected chi connectivity index (χ4v) is 1.17. The van der Waals surface area contributed by atoms with Crippen LogP contribution >= 0.6 is 0 Å². The first-order valence-corrected chi connectivity index (χ1v) is 3.63. The molecule has 2 aromatic heterocycles. The van der Waals surface area contributed by atoms with Crippen molar-refractivity contribution in [2.45, 2.75) is 6.61 Å². The third kappa shape index (κ3) is 0.931. The highest BCUT2D eigenvalue weighted by molar-refractivity contribution is 5.52. The van der Waals surface area contributed by atoms with E-state index in [0.29, 0.717) is 5.69 Å². The lowest BCUT2D eigenvalue weighted by Crippen LogP contribution is -1.93. The van der Waals surface area contributed by atoms with Gasteiger partial charge in [0.05, 0.1) is 18.5 Å². The summed E-state index contributed by atoms with van der Waals surface area (Å²) in [5, 5.41) is 8.90. The average molecular weight is 163 g/mol. The molecule has 2 heterocycles. The van der Waals surface area contributed by atoms with Crippen molar-refractivity contribution >= 4 is 11.3 Å². The normalized spacial score (nSPS) is 10.8. The lowest BCUT2D eigenvalue weighted by atomic mass is 10.4. The molecule has 0 aliphatic carbocycles. The maximum atomic E-state index is 8.90. The molecule has 12 heavy (non-hydrogen) atoms. The molecule has 2 aromatic rings. The number of rotatable bonds is 1. The summed E-state index contributed by atoms with van der Waals surface area (Å²) in [6.45, 7) is -0.00884. The molecule has 4 nitrogen and oxygen atoms in total. The molecule has 4 heteroatoms. The number of hydrogen-bond acceptors (Lipinski definition) is 3. The second-order valence-corrected chi connectivity index (χ2v) is 2.60. The van der Waals surface area contributed by atoms with Crippen LogP contribution in [-0.2, 0) is 6.61 Å². The van der Waals surface area contributed by atoms with Crippen molar-refractivity contribution in [1.29, 1.82) is 0 Å². The maximum absolute atomic E-state index is 8.90. The van der Waals surface area contributed by atoms with Gasteiger partial charge in [-0.1, -0.05) is 0 Å². The van der Waals surface area contributed by atoms with Crippen molar-refractivity contribution in [2.75, 3.05) is 5.73 Å². The number of anilines is 1. The van der Waals surface area contributed by atoms with E-state index in [4.69, 9.17) is 10.8 Å². The molecular weight excluding hydrogens is 154 g/mol. The Morgan fingerprint density at radius 1 is 1.58 bits per heavy atom. The molecule has 3 N–H and O–H groups in total. The van der Waals surface area contributed by atoms with Crippen LogP contribution in [0.3, 0.4) is 0 Å². The Morgan fingerprint density at radius 3 is 3.17 bits per heavy atom. The van der Waals surface area contributed by atoms with Gasteiger partial charge in [-0.15, -0.1) is 0 Å². The van der Waals surface area contributed by atoms with E-state index in [9.17, 15) is 0 Å². The molecule has 0 aliphatic rings. The predicted octanol–water partition coefficient (Wildman–Crippen LogP) is 0.409. The molecule has 62 valence electrons. The van der Waals surface area contributed by atoms with Crippen molar-refractivity contribution in [2.24, 2.45) is 0 Å². The first kappa shape index (κ1) is 7.12. The Kier molecular flexibility index (Phi) is 1.48. The minimum Gasteiger partial charge on any atom is -0.399 e. The van der Waals surface area contributed by atoms with Gasteiger partial charge in [0.2, 0.25) is 0 Å². The van der Waals surface area contributed by atoms with Crippen LogP contribution in [0.15, 0.2) is 24.5 Å². The van der Waals surface area contributed by atoms with Crippen molar-refractivity contribution in [1.82, 2.24) is 9.38 Å². The van der Waals surface area contributed by atoms with Gasteiger partial charge in [-0.3, -0.25) is 0 Å². The zero-order chi connectivity index (χ0) is 8.55. The van der Waals surface area contributed by atoms with Gasteiger partial charge in [0.25, 0.3) is 0 Å². The third-order valence-electron chi connectivity index (χ3n) is 1.78. The number of nitrogens with zero attached hydrogens (tertiary/aromatic N) is 2. The molecule has 2 rings (SSSR count). The van der Waals surface area contributed by atoms with E-state index in [1.807, 2.05) is 0 Å². The van der Waals surface area contributed by atoms with E-state index in [1.54, 1.807) is 28.9 Å². The molecule has 0 amide bonds. The van der Waals surface area contributed by atoms with Gasteiger partial charge in [0, 0.05) is 18.0 Å². The molecule has 0 bridgehead atoms. The van der Waals surface area contributed by atoms with E-state index in [2.05, 4.69) is 4.98 Å². The molecule has 0 saturated carbocycles. The number of nitrogen functional groups attached to an aromatic ring is 1. The van der Waals surface area contributed by atoms with Crippen LogP contribution < -0.4 is 5.73 Å². The summed E-state index contributed by atoms with van der Waals surface area (Å²) >= 11 is 0. The minimum absolute atomic E-state index is 0.00884. The first-order chi connectivity index (χ1) is 5.81. The molecule has 0 radical (unpaired) electrons. The Balaban J connectivity index is 2.73. The fourth-order valence-electron chi connectivity index (χ4n) is 1.17. The first-order valence-electron chi connectivity index (χ1n) is 3.63. The second kappa shape index (κ2) is 2.49. The van der Waals surface area contributed by atoms with Gasteiger partial charge in [-0.25, -0.2) is 4.98 Å². The van der Waals surface area contributed by atoms with E-state index < -0.39 is 0 Å². The van der Waals surface area contributed by atoms with Crippen LogP contribution in [0.5, 0.6) is 0 Å². The predicted molar refractivity (Wildman–Crippen MR) is 45.5 cm³/mol. The Hall–Kier alpha value is -1.55. The van der Waals surface area contributed by atoms with Crippen molar-refractivity contribution in [3.8, 4) is 0 Å². The lowest BCUT2D eigenvalue weighted by molar-refractivity contribution is 0.276. The number of aliphatic hydroxyl groups is 1. The molecule has 0 saturated heterocycles. The van der Waals surface area contributed by atoms with Crippen molar-refractivity contribution in [3.05, 3.63) is 30.2 Å². The average Bonchev–Trinajstić information content (AvgIpc) is 2.46. The third-order valence-corrected chi connectivity index (χ3v) is 1.78. The van der Waals surface area contributed by atoms with Gasteiger partial charge in [-0.2, -0.15) is 0 Å². The van der Waals surface area contributed by atoms with Gasteiger partial charge in [-0.05, 0) is 6.07 Å². The summed E-state index contributed by atoms with van der Waals surface area (Å²) < 4.78 is 1.80. The smallest absolute Gasteiger partial charge is 0.139 e. The molecule has 0 atom stereocenters. The summed E-state index contributed by atoms with van der Waals surface area (Å²) in [5.74, 6) is 0. The summed E-state index contributed by atoms with van der Waals surface area (Å²) in [6.07, 6.45) is 3.43. The van der Waals surface area contributed by atoms with E-state index >= 15 is 0 Å². The Bertz CT molecular complexity index is 408. The number of nitrogens with two attached hydrogens (primary N) is 1. The van der Waals surface area contributed by atoms with Crippen LogP contribution in [0.1, 0.15) is 5.69 Å². The van der Waals surface area contributed by atoms with Gasteiger partial charge < -0.3 is 15.2 Å². The van der Waals surface area contributed by atoms with E-state index in [-0.39, 0.29) is 6.61 Å². The number of aromatic nitrogens is 2. The molecule has 0 unspecified atom stereocenters. The highest BCUT2D eigenvalue weighted by atomic mass is 16.3. The van der Waals surface area contributed by atoms with Gasteiger partial charge in [0.15, 0.2) is 0 Å². The summed E-state index contributed by atoms with van der Waals surface area (Å²) in [5.41, 5.74) is 7.77. The SMILES string of the molecule is Nc1ccn2c(CO)cnc2c1. The molecule has 0 spiro atoms. The zero-order valence-corrected chi connectivity index (χ0v) is 6.44. The molecule has 0 aliphatic heterocycles. The molecular formula is C8H9N3O. The van der Waals surface area contributed by atoms with Crippen molar-refractivity contribution < 1.29 is 5.11 Å². The zero-order valence-electron chi connectivity index (χ0n) is 6.44. The maximum Gasteiger partial charge on any atom is 0.139 e. The molecule has 0 fully saturated rings. The Morgan fingerprint density at radius 2 is 2.42 bits per heavy atom. The van der Waals surface area contributed by atoms with Crippen LogP contribution in [-0.4, -0.2) is 14.5 Å². The summed E-state index contributed by atoms with van der Waals surface area (Å²) in [7, 11) is 0. The highest BCUT2D eigenvalue weighted by Crippen LogP contribution is 2.09.